The van der Waals surface area contributed by atoms with Crippen LogP contribution in [0.25, 0.3) is 58.9 Å². The Kier molecular flexibility index (Phi) is 3.92. The first-order chi connectivity index (χ1) is 17.7. The summed E-state index contributed by atoms with van der Waals surface area (Å²) in [5, 5.41) is 4.86. The molecule has 0 saturated heterocycles. The summed E-state index contributed by atoms with van der Waals surface area (Å²) in [6, 6.07) is 34.5. The lowest BCUT2D eigenvalue weighted by molar-refractivity contribution is 0.669. The van der Waals surface area contributed by atoms with Gasteiger partial charge >= 0.3 is 0 Å². The fraction of sp³-hybridized carbons (Fsp3) is 0.0303. The molecule has 7 aromatic rings. The van der Waals surface area contributed by atoms with Gasteiger partial charge in [0, 0.05) is 59.0 Å². The highest BCUT2D eigenvalue weighted by molar-refractivity contribution is 7.26. The summed E-state index contributed by atoms with van der Waals surface area (Å²) in [4.78, 5) is 2.30. The van der Waals surface area contributed by atoms with E-state index >= 15 is 0 Å². The molecule has 0 aliphatic carbocycles. The summed E-state index contributed by atoms with van der Waals surface area (Å²) in [7, 11) is 0. The Labute approximate surface area is 212 Å². The van der Waals surface area contributed by atoms with Crippen LogP contribution in [-0.2, 0) is 0 Å². The average Bonchev–Trinajstić information content (AvgIpc) is 3.48. The number of para-hydroxylation sites is 2. The lowest BCUT2D eigenvalue weighted by Gasteiger charge is -2.35. The van der Waals surface area contributed by atoms with E-state index in [1.165, 1.54) is 42.4 Å². The van der Waals surface area contributed by atoms with Gasteiger partial charge in [-0.05, 0) is 36.8 Å². The Morgan fingerprint density at radius 3 is 2.31 bits per heavy atom. The van der Waals surface area contributed by atoms with Crippen molar-refractivity contribution in [2.24, 2.45) is 0 Å². The van der Waals surface area contributed by atoms with Crippen molar-refractivity contribution in [3.8, 4) is 11.1 Å². The third-order valence-corrected chi connectivity index (χ3v) is 8.70. The summed E-state index contributed by atoms with van der Waals surface area (Å²) >= 11 is 1.86. The summed E-state index contributed by atoms with van der Waals surface area (Å²) in [6.45, 7) is 6.82. The number of thiophene rings is 1. The van der Waals surface area contributed by atoms with E-state index in [0.717, 1.165) is 39.0 Å². The summed E-state index contributed by atoms with van der Waals surface area (Å²) < 4.78 is 9.20. The van der Waals surface area contributed by atoms with Gasteiger partial charge < -0.3 is 9.32 Å². The van der Waals surface area contributed by atoms with Crippen molar-refractivity contribution in [3.05, 3.63) is 115 Å². The predicted octanol–water partition coefficient (Wildman–Crippen LogP) is 10.1. The zero-order valence-electron chi connectivity index (χ0n) is 19.7. The van der Waals surface area contributed by atoms with Crippen LogP contribution in [-0.4, -0.2) is 0 Å². The van der Waals surface area contributed by atoms with Crippen LogP contribution in [0, 0.1) is 6.92 Å². The van der Waals surface area contributed by atoms with E-state index in [4.69, 9.17) is 4.42 Å². The fourth-order valence-electron chi connectivity index (χ4n) is 5.83. The number of anilines is 2. The molecule has 8 rings (SSSR count). The standard InChI is InChI=1S/C33H21NOS/c1-19-9-3-6-12-27(19)34-20(2)21-15-17-25-23-11-5-8-14-29(23)36-33(25)30(21)26-18-16-24-22-10-4-7-13-28(22)35-32(24)31(26)34/h3-18H,2H2,1H3. The minimum absolute atomic E-state index is 0.905. The van der Waals surface area contributed by atoms with E-state index in [1.54, 1.807) is 0 Å². The molecular formula is C33H21NOS. The topological polar surface area (TPSA) is 16.4 Å². The van der Waals surface area contributed by atoms with E-state index in [9.17, 15) is 0 Å². The molecule has 0 fully saturated rings. The van der Waals surface area contributed by atoms with Crippen LogP contribution in [0.1, 0.15) is 11.1 Å². The maximum Gasteiger partial charge on any atom is 0.160 e. The highest BCUT2D eigenvalue weighted by Gasteiger charge is 2.32. The number of hydrogen-bond donors (Lipinski definition) is 0. The second kappa shape index (κ2) is 7.09. The average molecular weight is 480 g/mol. The lowest BCUT2D eigenvalue weighted by atomic mass is 9.88. The van der Waals surface area contributed by atoms with Gasteiger partial charge in [0.25, 0.3) is 0 Å². The van der Waals surface area contributed by atoms with Crippen molar-refractivity contribution in [3.63, 3.8) is 0 Å². The predicted molar refractivity (Wildman–Crippen MR) is 154 cm³/mol. The van der Waals surface area contributed by atoms with Crippen molar-refractivity contribution >= 4 is 70.5 Å². The van der Waals surface area contributed by atoms with Crippen molar-refractivity contribution in [1.82, 2.24) is 0 Å². The molecule has 0 atom stereocenters. The van der Waals surface area contributed by atoms with Crippen LogP contribution in [0.2, 0.25) is 0 Å². The monoisotopic (exact) mass is 479 g/mol. The maximum absolute atomic E-state index is 6.60. The van der Waals surface area contributed by atoms with E-state index in [2.05, 4.69) is 109 Å². The van der Waals surface area contributed by atoms with Gasteiger partial charge in [-0.15, -0.1) is 11.3 Å². The highest BCUT2D eigenvalue weighted by atomic mass is 32.1. The number of hydrogen-bond acceptors (Lipinski definition) is 3. The molecule has 5 aromatic carbocycles. The molecule has 3 heterocycles. The van der Waals surface area contributed by atoms with E-state index < -0.39 is 0 Å². The molecule has 0 amide bonds. The Balaban J connectivity index is 1.56. The van der Waals surface area contributed by atoms with Crippen molar-refractivity contribution in [1.29, 1.82) is 0 Å². The van der Waals surface area contributed by atoms with Crippen LogP contribution < -0.4 is 4.90 Å². The van der Waals surface area contributed by atoms with E-state index in [1.807, 2.05) is 17.4 Å². The first kappa shape index (κ1) is 19.9. The van der Waals surface area contributed by atoms with Crippen LogP contribution in [0.3, 0.4) is 0 Å². The molecule has 2 aromatic heterocycles. The number of furan rings is 1. The zero-order chi connectivity index (χ0) is 24.0. The van der Waals surface area contributed by atoms with Gasteiger partial charge in [0.15, 0.2) is 5.58 Å². The van der Waals surface area contributed by atoms with Crippen LogP contribution in [0.5, 0.6) is 0 Å². The Hall–Kier alpha value is -4.34. The molecule has 3 heteroatoms. The zero-order valence-corrected chi connectivity index (χ0v) is 20.5. The number of benzene rings is 5. The summed E-state index contributed by atoms with van der Waals surface area (Å²) in [5.74, 6) is 0. The van der Waals surface area contributed by atoms with Gasteiger partial charge in [0.2, 0.25) is 0 Å². The van der Waals surface area contributed by atoms with Gasteiger partial charge in [-0.2, -0.15) is 0 Å². The molecule has 1 aliphatic rings. The van der Waals surface area contributed by atoms with Gasteiger partial charge in [-0.3, -0.25) is 0 Å². The molecular weight excluding hydrogens is 458 g/mol. The summed E-state index contributed by atoms with van der Waals surface area (Å²) in [5.41, 5.74) is 9.77. The number of nitrogens with zero attached hydrogens (tertiary/aromatic N) is 1. The highest BCUT2D eigenvalue weighted by Crippen LogP contribution is 2.55. The minimum Gasteiger partial charge on any atom is -0.454 e. The maximum atomic E-state index is 6.60. The third-order valence-electron chi connectivity index (χ3n) is 7.50. The molecule has 0 unspecified atom stereocenters. The van der Waals surface area contributed by atoms with Crippen molar-refractivity contribution in [2.45, 2.75) is 6.92 Å². The fourth-order valence-corrected chi connectivity index (χ4v) is 7.10. The third kappa shape index (κ3) is 2.50. The number of rotatable bonds is 1. The molecule has 2 nitrogen and oxygen atoms in total. The van der Waals surface area contributed by atoms with Crippen molar-refractivity contribution < 1.29 is 4.42 Å². The molecule has 0 saturated carbocycles. The molecule has 170 valence electrons. The molecule has 0 N–H and O–H groups in total. The van der Waals surface area contributed by atoms with Gasteiger partial charge in [0.05, 0.1) is 5.69 Å². The smallest absolute Gasteiger partial charge is 0.160 e. The second-order valence-corrected chi connectivity index (χ2v) is 10.5. The van der Waals surface area contributed by atoms with Crippen molar-refractivity contribution in [2.75, 3.05) is 4.90 Å². The van der Waals surface area contributed by atoms with Crippen LogP contribution in [0.4, 0.5) is 11.4 Å². The number of aryl methyl sites for hydroxylation is 1. The second-order valence-electron chi connectivity index (χ2n) is 9.47. The Morgan fingerprint density at radius 1 is 0.694 bits per heavy atom. The SMILES string of the molecule is C=C1c2ccc3c(sc4ccccc43)c2-c2ccc3c(oc4ccccc43)c2N1c1ccccc1C. The van der Waals surface area contributed by atoms with Gasteiger partial charge in [0.1, 0.15) is 5.58 Å². The van der Waals surface area contributed by atoms with Crippen LogP contribution >= 0.6 is 11.3 Å². The Morgan fingerprint density at radius 2 is 1.42 bits per heavy atom. The molecule has 36 heavy (non-hydrogen) atoms. The van der Waals surface area contributed by atoms with E-state index in [-0.39, 0.29) is 0 Å². The minimum atomic E-state index is 0.905. The Bertz CT molecular complexity index is 2040. The molecule has 0 bridgehead atoms. The number of fused-ring (bicyclic) bond motifs is 11. The quantitative estimate of drug-likeness (QED) is 0.233. The van der Waals surface area contributed by atoms with Crippen LogP contribution in [0.15, 0.2) is 108 Å². The largest absolute Gasteiger partial charge is 0.454 e. The first-order valence-electron chi connectivity index (χ1n) is 12.1. The normalized spacial score (nSPS) is 13.1. The lowest BCUT2D eigenvalue weighted by Crippen LogP contribution is -2.21. The van der Waals surface area contributed by atoms with E-state index in [0.29, 0.717) is 0 Å². The molecule has 0 radical (unpaired) electrons. The first-order valence-corrected chi connectivity index (χ1v) is 13.0. The van der Waals surface area contributed by atoms with Gasteiger partial charge in [-0.1, -0.05) is 79.4 Å². The molecule has 1 aliphatic heterocycles. The molecule has 0 spiro atoms. The van der Waals surface area contributed by atoms with Gasteiger partial charge in [-0.25, -0.2) is 0 Å². The summed E-state index contributed by atoms with van der Waals surface area (Å²) in [6.07, 6.45) is 0.